The molecular formula is C14H15ClN4O. The van der Waals surface area contributed by atoms with Crippen LogP contribution in [-0.4, -0.2) is 35.7 Å². The zero-order chi connectivity index (χ0) is 13.9. The van der Waals surface area contributed by atoms with Crippen molar-refractivity contribution in [2.45, 2.75) is 0 Å². The Morgan fingerprint density at radius 3 is 2.75 bits per heavy atom. The minimum Gasteiger partial charge on any atom is -0.352 e. The van der Waals surface area contributed by atoms with Crippen molar-refractivity contribution < 1.29 is 4.79 Å². The number of hydrogen-bond acceptors (Lipinski definition) is 3. The Labute approximate surface area is 121 Å². The van der Waals surface area contributed by atoms with Gasteiger partial charge in [0.15, 0.2) is 0 Å². The first-order chi connectivity index (χ1) is 9.74. The van der Waals surface area contributed by atoms with Crippen molar-refractivity contribution in [3.05, 3.63) is 41.0 Å². The van der Waals surface area contributed by atoms with Gasteiger partial charge in [-0.25, -0.2) is 0 Å². The van der Waals surface area contributed by atoms with Crippen molar-refractivity contribution in [2.24, 2.45) is 5.92 Å². The number of carbonyl (C=O) groups is 1. The van der Waals surface area contributed by atoms with Crippen LogP contribution < -0.4 is 10.6 Å². The zero-order valence-electron chi connectivity index (χ0n) is 10.8. The first kappa shape index (κ1) is 13.1. The monoisotopic (exact) mass is 290 g/mol. The van der Waals surface area contributed by atoms with E-state index < -0.39 is 0 Å². The Morgan fingerprint density at radius 2 is 2.10 bits per heavy atom. The number of H-pyrrole nitrogens is 1. The van der Waals surface area contributed by atoms with Crippen molar-refractivity contribution in [1.82, 2.24) is 20.8 Å². The quantitative estimate of drug-likeness (QED) is 0.802. The summed E-state index contributed by atoms with van der Waals surface area (Å²) >= 11 is 5.87. The van der Waals surface area contributed by atoms with E-state index in [0.29, 0.717) is 28.7 Å². The van der Waals surface area contributed by atoms with Gasteiger partial charge in [-0.3, -0.25) is 9.89 Å². The molecule has 1 aliphatic rings. The Kier molecular flexibility index (Phi) is 3.71. The molecule has 5 nitrogen and oxygen atoms in total. The summed E-state index contributed by atoms with van der Waals surface area (Å²) in [4.78, 5) is 12.2. The van der Waals surface area contributed by atoms with E-state index in [1.54, 1.807) is 18.3 Å². The smallest absolute Gasteiger partial charge is 0.255 e. The molecule has 2 heterocycles. The number of amides is 1. The number of aromatic amines is 1. The number of aromatic nitrogens is 2. The highest BCUT2D eigenvalue weighted by molar-refractivity contribution is 6.30. The average Bonchev–Trinajstić information content (AvgIpc) is 2.87. The van der Waals surface area contributed by atoms with Crippen molar-refractivity contribution in [2.75, 3.05) is 19.6 Å². The maximum absolute atomic E-state index is 12.2. The van der Waals surface area contributed by atoms with Crippen LogP contribution in [0.3, 0.4) is 0 Å². The van der Waals surface area contributed by atoms with Crippen LogP contribution in [0.15, 0.2) is 30.5 Å². The lowest BCUT2D eigenvalue weighted by molar-refractivity contribution is 0.0943. The number of benzene rings is 1. The van der Waals surface area contributed by atoms with Gasteiger partial charge in [0.25, 0.3) is 5.91 Å². The molecule has 0 radical (unpaired) electrons. The van der Waals surface area contributed by atoms with Crippen LogP contribution in [0, 0.1) is 5.92 Å². The van der Waals surface area contributed by atoms with Crippen LogP contribution in [0.4, 0.5) is 0 Å². The number of halogens is 1. The molecule has 20 heavy (non-hydrogen) atoms. The number of nitrogens with one attached hydrogen (secondary N) is 3. The largest absolute Gasteiger partial charge is 0.352 e. The van der Waals surface area contributed by atoms with Gasteiger partial charge >= 0.3 is 0 Å². The van der Waals surface area contributed by atoms with E-state index in [-0.39, 0.29) is 5.91 Å². The Bertz CT molecular complexity index is 604. The fourth-order valence-corrected chi connectivity index (χ4v) is 2.25. The lowest BCUT2D eigenvalue weighted by Gasteiger charge is -2.27. The van der Waals surface area contributed by atoms with Gasteiger partial charge in [0.05, 0.1) is 17.5 Å². The zero-order valence-corrected chi connectivity index (χ0v) is 11.6. The van der Waals surface area contributed by atoms with E-state index in [0.717, 1.165) is 18.7 Å². The summed E-state index contributed by atoms with van der Waals surface area (Å²) < 4.78 is 0. The van der Waals surface area contributed by atoms with Gasteiger partial charge in [0.1, 0.15) is 0 Å². The fourth-order valence-electron chi connectivity index (χ4n) is 2.12. The molecule has 0 spiro atoms. The van der Waals surface area contributed by atoms with Crippen molar-refractivity contribution in [3.8, 4) is 11.3 Å². The first-order valence-electron chi connectivity index (χ1n) is 6.52. The lowest BCUT2D eigenvalue weighted by Crippen LogP contribution is -2.48. The fraction of sp³-hybridized carbons (Fsp3) is 0.286. The van der Waals surface area contributed by atoms with E-state index >= 15 is 0 Å². The highest BCUT2D eigenvalue weighted by Gasteiger charge is 2.20. The SMILES string of the molecule is O=C(NCC1CNC1)c1cn[nH]c1-c1ccc(Cl)cc1. The summed E-state index contributed by atoms with van der Waals surface area (Å²) in [5, 5.41) is 13.6. The number of rotatable bonds is 4. The molecule has 6 heteroatoms. The molecule has 1 fully saturated rings. The summed E-state index contributed by atoms with van der Waals surface area (Å²) in [6.07, 6.45) is 1.55. The van der Waals surface area contributed by atoms with E-state index in [4.69, 9.17) is 11.6 Å². The predicted octanol–water partition coefficient (Wildman–Crippen LogP) is 1.68. The average molecular weight is 291 g/mol. The van der Waals surface area contributed by atoms with Gasteiger partial charge in [-0.05, 0) is 12.1 Å². The third-order valence-electron chi connectivity index (χ3n) is 3.43. The molecule has 1 aliphatic heterocycles. The third kappa shape index (κ3) is 2.69. The minimum atomic E-state index is -0.101. The number of carbonyl (C=O) groups excluding carboxylic acids is 1. The minimum absolute atomic E-state index is 0.101. The molecule has 1 saturated heterocycles. The second kappa shape index (κ2) is 5.64. The summed E-state index contributed by atoms with van der Waals surface area (Å²) in [5.74, 6) is 0.431. The molecule has 2 aromatic rings. The highest BCUT2D eigenvalue weighted by Crippen LogP contribution is 2.22. The summed E-state index contributed by atoms with van der Waals surface area (Å²) in [6, 6.07) is 7.31. The maximum atomic E-state index is 12.2. The van der Waals surface area contributed by atoms with Gasteiger partial charge in [-0.15, -0.1) is 0 Å². The van der Waals surface area contributed by atoms with Crippen LogP contribution in [0.2, 0.25) is 5.02 Å². The lowest BCUT2D eigenvalue weighted by atomic mass is 10.0. The molecule has 1 aromatic carbocycles. The van der Waals surface area contributed by atoms with E-state index in [2.05, 4.69) is 20.8 Å². The first-order valence-corrected chi connectivity index (χ1v) is 6.90. The summed E-state index contributed by atoms with van der Waals surface area (Å²) in [7, 11) is 0. The van der Waals surface area contributed by atoms with Crippen molar-refractivity contribution in [3.63, 3.8) is 0 Å². The second-order valence-electron chi connectivity index (χ2n) is 4.90. The molecule has 0 saturated carbocycles. The Hall–Kier alpha value is -1.85. The van der Waals surface area contributed by atoms with Crippen LogP contribution >= 0.6 is 11.6 Å². The standard InChI is InChI=1S/C14H15ClN4O/c15-11-3-1-10(2-4-11)13-12(8-18-19-13)14(20)17-7-9-5-16-6-9/h1-4,8-9,16H,5-7H2,(H,17,20)(H,18,19). The van der Waals surface area contributed by atoms with E-state index in [1.165, 1.54) is 0 Å². The van der Waals surface area contributed by atoms with Crippen molar-refractivity contribution >= 4 is 17.5 Å². The van der Waals surface area contributed by atoms with Gasteiger partial charge in [-0.1, -0.05) is 23.7 Å². The van der Waals surface area contributed by atoms with Crippen LogP contribution in [0.5, 0.6) is 0 Å². The predicted molar refractivity (Wildman–Crippen MR) is 77.7 cm³/mol. The third-order valence-corrected chi connectivity index (χ3v) is 3.69. The molecule has 3 rings (SSSR count). The maximum Gasteiger partial charge on any atom is 0.255 e. The summed E-state index contributed by atoms with van der Waals surface area (Å²) in [6.45, 7) is 2.63. The second-order valence-corrected chi connectivity index (χ2v) is 5.34. The van der Waals surface area contributed by atoms with Crippen LogP contribution in [-0.2, 0) is 0 Å². The topological polar surface area (TPSA) is 69.8 Å². The van der Waals surface area contributed by atoms with Crippen LogP contribution in [0.1, 0.15) is 10.4 Å². The Balaban J connectivity index is 1.75. The van der Waals surface area contributed by atoms with E-state index in [9.17, 15) is 4.79 Å². The molecule has 0 atom stereocenters. The number of nitrogens with zero attached hydrogens (tertiary/aromatic N) is 1. The van der Waals surface area contributed by atoms with E-state index in [1.807, 2.05) is 12.1 Å². The molecule has 104 valence electrons. The van der Waals surface area contributed by atoms with Gasteiger partial charge in [0, 0.05) is 36.1 Å². The van der Waals surface area contributed by atoms with Gasteiger partial charge < -0.3 is 10.6 Å². The molecule has 1 aromatic heterocycles. The normalized spacial score (nSPS) is 14.8. The highest BCUT2D eigenvalue weighted by atomic mass is 35.5. The molecule has 0 bridgehead atoms. The molecule has 1 amide bonds. The number of hydrogen-bond donors (Lipinski definition) is 3. The molecule has 0 aliphatic carbocycles. The molecule has 0 unspecified atom stereocenters. The van der Waals surface area contributed by atoms with Gasteiger partial charge in [0.2, 0.25) is 0 Å². The molecular weight excluding hydrogens is 276 g/mol. The van der Waals surface area contributed by atoms with Crippen molar-refractivity contribution in [1.29, 1.82) is 0 Å². The Morgan fingerprint density at radius 1 is 1.35 bits per heavy atom. The van der Waals surface area contributed by atoms with Crippen LogP contribution in [0.25, 0.3) is 11.3 Å². The molecule has 3 N–H and O–H groups in total. The van der Waals surface area contributed by atoms with Gasteiger partial charge in [-0.2, -0.15) is 5.10 Å². The summed E-state index contributed by atoms with van der Waals surface area (Å²) in [5.41, 5.74) is 2.16.